The zero-order chi connectivity index (χ0) is 14.9. The molecule has 0 fully saturated rings. The number of hydrogen-bond acceptors (Lipinski definition) is 2. The summed E-state index contributed by atoms with van der Waals surface area (Å²) < 4.78 is 29.2. The van der Waals surface area contributed by atoms with Gasteiger partial charge in [-0.15, -0.1) is 0 Å². The monoisotopic (exact) mass is 342 g/mol. The molecule has 6 heteroatoms. The number of benzene rings is 1. The SMILES string of the molecule is CCn1nc(C)cc1C(=O)Cc1c(F)ccc(Br)c1F. The van der Waals surface area contributed by atoms with Crippen LogP contribution in [0.15, 0.2) is 22.7 Å². The first-order chi connectivity index (χ1) is 9.43. The fraction of sp³-hybridized carbons (Fsp3) is 0.286. The van der Waals surface area contributed by atoms with Gasteiger partial charge in [-0.05, 0) is 48.0 Å². The number of aryl methyl sites for hydroxylation is 2. The van der Waals surface area contributed by atoms with Crippen LogP contribution in [0.4, 0.5) is 8.78 Å². The standard InChI is InChI=1S/C14H13BrF2N2O/c1-3-19-12(6-8(2)18-19)13(20)7-9-11(16)5-4-10(15)14(9)17/h4-6H,3,7H2,1-2H3. The van der Waals surface area contributed by atoms with Gasteiger partial charge in [-0.1, -0.05) is 0 Å². The molecule has 0 unspecified atom stereocenters. The number of carbonyl (C=O) groups is 1. The molecular formula is C14H13BrF2N2O. The quantitative estimate of drug-likeness (QED) is 0.627. The van der Waals surface area contributed by atoms with Gasteiger partial charge in [-0.3, -0.25) is 9.48 Å². The first-order valence-corrected chi connectivity index (χ1v) is 6.93. The average Bonchev–Trinajstić information content (AvgIpc) is 2.80. The first-order valence-electron chi connectivity index (χ1n) is 6.14. The van der Waals surface area contributed by atoms with Crippen molar-refractivity contribution in [1.29, 1.82) is 0 Å². The highest BCUT2D eigenvalue weighted by Crippen LogP contribution is 2.23. The minimum atomic E-state index is -0.738. The zero-order valence-electron chi connectivity index (χ0n) is 11.1. The molecule has 0 spiro atoms. The Bertz CT molecular complexity index is 667. The highest BCUT2D eigenvalue weighted by atomic mass is 79.9. The molecule has 2 rings (SSSR count). The van der Waals surface area contributed by atoms with Crippen LogP contribution in [-0.4, -0.2) is 15.6 Å². The van der Waals surface area contributed by atoms with E-state index < -0.39 is 11.6 Å². The third-order valence-corrected chi connectivity index (χ3v) is 3.58. The van der Waals surface area contributed by atoms with Gasteiger partial charge < -0.3 is 0 Å². The second-order valence-electron chi connectivity index (χ2n) is 4.41. The Morgan fingerprint density at radius 2 is 2.10 bits per heavy atom. The summed E-state index contributed by atoms with van der Waals surface area (Å²) in [4.78, 5) is 12.2. The van der Waals surface area contributed by atoms with Crippen LogP contribution in [0, 0.1) is 18.6 Å². The van der Waals surface area contributed by atoms with Crippen LogP contribution >= 0.6 is 15.9 Å². The van der Waals surface area contributed by atoms with Crippen molar-refractivity contribution in [2.45, 2.75) is 26.8 Å². The van der Waals surface area contributed by atoms with E-state index in [1.807, 2.05) is 6.92 Å². The molecule has 106 valence electrons. The fourth-order valence-corrected chi connectivity index (χ4v) is 2.36. The van der Waals surface area contributed by atoms with Crippen LogP contribution in [-0.2, 0) is 13.0 Å². The van der Waals surface area contributed by atoms with Crippen molar-refractivity contribution in [3.05, 3.63) is 51.3 Å². The molecule has 0 amide bonds. The maximum Gasteiger partial charge on any atom is 0.185 e. The number of ketones is 1. The summed E-state index contributed by atoms with van der Waals surface area (Å²) in [5, 5.41) is 4.15. The minimum absolute atomic E-state index is 0.141. The van der Waals surface area contributed by atoms with Gasteiger partial charge in [0, 0.05) is 18.5 Å². The van der Waals surface area contributed by atoms with Crippen molar-refractivity contribution < 1.29 is 13.6 Å². The van der Waals surface area contributed by atoms with Gasteiger partial charge in [0.25, 0.3) is 0 Å². The first kappa shape index (κ1) is 14.8. The van der Waals surface area contributed by atoms with Gasteiger partial charge in [0.15, 0.2) is 5.78 Å². The lowest BCUT2D eigenvalue weighted by Crippen LogP contribution is -2.13. The van der Waals surface area contributed by atoms with E-state index in [-0.39, 0.29) is 22.2 Å². The zero-order valence-corrected chi connectivity index (χ0v) is 12.7. The molecular weight excluding hydrogens is 330 g/mol. The molecule has 0 radical (unpaired) electrons. The van der Waals surface area contributed by atoms with E-state index in [0.717, 1.165) is 6.07 Å². The number of hydrogen-bond donors (Lipinski definition) is 0. The van der Waals surface area contributed by atoms with Gasteiger partial charge in [-0.25, -0.2) is 8.78 Å². The summed E-state index contributed by atoms with van der Waals surface area (Å²) in [6.07, 6.45) is -0.331. The number of Topliss-reactive ketones (excluding diaryl/α,β-unsaturated/α-hetero) is 1. The maximum absolute atomic E-state index is 13.9. The van der Waals surface area contributed by atoms with Crippen LogP contribution in [0.5, 0.6) is 0 Å². The number of carbonyl (C=O) groups excluding carboxylic acids is 1. The summed E-state index contributed by atoms with van der Waals surface area (Å²) in [6, 6.07) is 4.04. The van der Waals surface area contributed by atoms with Gasteiger partial charge in [-0.2, -0.15) is 5.10 Å². The van der Waals surface area contributed by atoms with Crippen molar-refractivity contribution in [2.24, 2.45) is 0 Å². The van der Waals surface area contributed by atoms with Crippen molar-refractivity contribution in [2.75, 3.05) is 0 Å². The third-order valence-electron chi connectivity index (χ3n) is 2.96. The van der Waals surface area contributed by atoms with Crippen LogP contribution < -0.4 is 0 Å². The Morgan fingerprint density at radius 3 is 2.75 bits per heavy atom. The minimum Gasteiger partial charge on any atom is -0.292 e. The highest BCUT2D eigenvalue weighted by Gasteiger charge is 2.19. The summed E-state index contributed by atoms with van der Waals surface area (Å²) in [5.74, 6) is -1.82. The van der Waals surface area contributed by atoms with Crippen LogP contribution in [0.3, 0.4) is 0 Å². The molecule has 0 atom stereocenters. The van der Waals surface area contributed by atoms with E-state index in [2.05, 4.69) is 21.0 Å². The third kappa shape index (κ3) is 2.80. The lowest BCUT2D eigenvalue weighted by molar-refractivity contribution is 0.0980. The number of rotatable bonds is 4. The average molecular weight is 343 g/mol. The van der Waals surface area contributed by atoms with E-state index >= 15 is 0 Å². The normalized spacial score (nSPS) is 10.8. The second-order valence-corrected chi connectivity index (χ2v) is 5.26. The van der Waals surface area contributed by atoms with E-state index in [1.165, 1.54) is 10.7 Å². The van der Waals surface area contributed by atoms with E-state index in [9.17, 15) is 13.6 Å². The predicted octanol–water partition coefficient (Wildman–Crippen LogP) is 3.68. The Morgan fingerprint density at radius 1 is 1.40 bits per heavy atom. The molecule has 0 saturated heterocycles. The Labute approximate surface area is 123 Å². The van der Waals surface area contributed by atoms with E-state index in [1.54, 1.807) is 13.0 Å². The van der Waals surface area contributed by atoms with Gasteiger partial charge in [0.1, 0.15) is 17.3 Å². The van der Waals surface area contributed by atoms with Crippen molar-refractivity contribution in [3.8, 4) is 0 Å². The number of aromatic nitrogens is 2. The molecule has 2 aromatic rings. The molecule has 1 aromatic carbocycles. The summed E-state index contributed by atoms with van der Waals surface area (Å²) >= 11 is 2.99. The lowest BCUT2D eigenvalue weighted by atomic mass is 10.1. The summed E-state index contributed by atoms with van der Waals surface area (Å²) in [7, 11) is 0. The fourth-order valence-electron chi connectivity index (χ4n) is 1.99. The van der Waals surface area contributed by atoms with Crippen LogP contribution in [0.1, 0.15) is 28.7 Å². The largest absolute Gasteiger partial charge is 0.292 e. The molecule has 3 nitrogen and oxygen atoms in total. The topological polar surface area (TPSA) is 34.9 Å². The molecule has 0 bridgehead atoms. The molecule has 20 heavy (non-hydrogen) atoms. The van der Waals surface area contributed by atoms with Gasteiger partial charge >= 0.3 is 0 Å². The Kier molecular flexibility index (Phi) is 4.32. The molecule has 0 saturated carbocycles. The van der Waals surface area contributed by atoms with Gasteiger partial charge in [0.05, 0.1) is 10.2 Å². The second kappa shape index (κ2) is 5.83. The Hall–Kier alpha value is -1.56. The molecule has 0 aliphatic carbocycles. The molecule has 0 N–H and O–H groups in total. The summed E-state index contributed by atoms with van der Waals surface area (Å²) in [5.41, 5.74) is 0.833. The van der Waals surface area contributed by atoms with Crippen molar-refractivity contribution in [1.82, 2.24) is 9.78 Å². The molecule has 0 aliphatic heterocycles. The Balaban J connectivity index is 2.35. The number of halogens is 3. The highest BCUT2D eigenvalue weighted by molar-refractivity contribution is 9.10. The smallest absolute Gasteiger partial charge is 0.185 e. The number of nitrogens with zero attached hydrogens (tertiary/aromatic N) is 2. The molecule has 1 heterocycles. The lowest BCUT2D eigenvalue weighted by Gasteiger charge is -2.07. The van der Waals surface area contributed by atoms with Crippen molar-refractivity contribution >= 4 is 21.7 Å². The van der Waals surface area contributed by atoms with Crippen LogP contribution in [0.2, 0.25) is 0 Å². The predicted molar refractivity (Wildman–Crippen MR) is 74.7 cm³/mol. The maximum atomic E-state index is 13.9. The molecule has 1 aromatic heterocycles. The van der Waals surface area contributed by atoms with E-state index in [4.69, 9.17) is 0 Å². The molecule has 0 aliphatic rings. The van der Waals surface area contributed by atoms with Crippen molar-refractivity contribution in [3.63, 3.8) is 0 Å². The summed E-state index contributed by atoms with van der Waals surface area (Å²) in [6.45, 7) is 4.14. The van der Waals surface area contributed by atoms with Crippen LogP contribution in [0.25, 0.3) is 0 Å². The van der Waals surface area contributed by atoms with E-state index in [0.29, 0.717) is 17.9 Å². The van der Waals surface area contributed by atoms with Gasteiger partial charge in [0.2, 0.25) is 0 Å².